The van der Waals surface area contributed by atoms with Crippen LogP contribution in [0.15, 0.2) is 4.99 Å². The number of nitrogens with one attached hydrogen (secondary N) is 1. The van der Waals surface area contributed by atoms with E-state index in [1.807, 2.05) is 0 Å². The van der Waals surface area contributed by atoms with Gasteiger partial charge in [-0.25, -0.2) is 4.98 Å². The average molecular weight is 515 g/mol. The SMILES string of the molecule is C#C[C@@]1(CO)CC[C@H](C2C=Nc3c(nc(F)nc3NC(=O)CCCCCCCCCCCCC)CC2)O1. The van der Waals surface area contributed by atoms with Gasteiger partial charge in [-0.05, 0) is 32.1 Å². The van der Waals surface area contributed by atoms with Crippen LogP contribution in [0.5, 0.6) is 0 Å². The lowest BCUT2D eigenvalue weighted by atomic mass is 9.94. The van der Waals surface area contributed by atoms with Crippen LogP contribution in [-0.4, -0.2) is 45.5 Å². The molecule has 0 radical (unpaired) electrons. The number of aromatic nitrogens is 2. The first-order chi connectivity index (χ1) is 18.0. The molecule has 1 unspecified atom stereocenters. The largest absolute Gasteiger partial charge is 0.392 e. The van der Waals surface area contributed by atoms with E-state index in [1.165, 1.54) is 51.4 Å². The Balaban J connectivity index is 1.45. The first-order valence-corrected chi connectivity index (χ1v) is 14.2. The molecule has 1 fully saturated rings. The Labute approximate surface area is 221 Å². The van der Waals surface area contributed by atoms with Crippen molar-refractivity contribution in [3.05, 3.63) is 11.8 Å². The van der Waals surface area contributed by atoms with Crippen LogP contribution in [0.25, 0.3) is 0 Å². The first kappa shape index (κ1) is 29.2. The van der Waals surface area contributed by atoms with Crippen molar-refractivity contribution in [1.29, 1.82) is 0 Å². The van der Waals surface area contributed by atoms with Crippen molar-refractivity contribution < 1.29 is 19.0 Å². The van der Waals surface area contributed by atoms with Gasteiger partial charge >= 0.3 is 6.08 Å². The van der Waals surface area contributed by atoms with Crippen LogP contribution in [0.2, 0.25) is 0 Å². The first-order valence-electron chi connectivity index (χ1n) is 14.2. The fourth-order valence-electron chi connectivity index (χ4n) is 5.20. The number of unbranched alkanes of at least 4 members (excludes halogenated alkanes) is 10. The highest BCUT2D eigenvalue weighted by Gasteiger charge is 2.41. The van der Waals surface area contributed by atoms with Crippen molar-refractivity contribution in [3.8, 4) is 12.3 Å². The van der Waals surface area contributed by atoms with Crippen LogP contribution >= 0.6 is 0 Å². The molecule has 3 rings (SSSR count). The number of fused-ring (bicyclic) bond motifs is 1. The molecule has 2 N–H and O–H groups in total. The number of aliphatic hydroxyl groups excluding tert-OH is 1. The maximum atomic E-state index is 14.2. The number of halogens is 1. The summed E-state index contributed by atoms with van der Waals surface area (Å²) in [7, 11) is 0. The van der Waals surface area contributed by atoms with Gasteiger partial charge in [-0.15, -0.1) is 6.42 Å². The Kier molecular flexibility index (Phi) is 11.9. The van der Waals surface area contributed by atoms with Gasteiger partial charge in [0.15, 0.2) is 11.4 Å². The molecule has 7 nitrogen and oxygen atoms in total. The highest BCUT2D eigenvalue weighted by Crippen LogP contribution is 2.37. The molecule has 1 aromatic heterocycles. The number of aryl methyl sites for hydroxylation is 1. The second-order valence-corrected chi connectivity index (χ2v) is 10.4. The molecule has 1 amide bonds. The third-order valence-corrected chi connectivity index (χ3v) is 7.51. The summed E-state index contributed by atoms with van der Waals surface area (Å²) in [5.74, 6) is 2.45. The van der Waals surface area contributed by atoms with Crippen molar-refractivity contribution >= 4 is 23.6 Å². The molecule has 2 aliphatic rings. The normalized spacial score (nSPS) is 22.9. The number of anilines is 1. The molecule has 0 spiro atoms. The molecule has 37 heavy (non-hydrogen) atoms. The molecular weight excluding hydrogens is 471 g/mol. The van der Waals surface area contributed by atoms with Crippen molar-refractivity contribution in [1.82, 2.24) is 9.97 Å². The Hall–Kier alpha value is -2.37. The monoisotopic (exact) mass is 514 g/mol. The molecule has 0 aliphatic carbocycles. The topological polar surface area (TPSA) is 96.7 Å². The number of hydrogen-bond acceptors (Lipinski definition) is 6. The molecule has 2 aliphatic heterocycles. The zero-order valence-electron chi connectivity index (χ0n) is 22.3. The summed E-state index contributed by atoms with van der Waals surface area (Å²) in [6.45, 7) is 2.01. The summed E-state index contributed by atoms with van der Waals surface area (Å²) >= 11 is 0. The lowest BCUT2D eigenvalue weighted by molar-refractivity contribution is -0.116. The molecule has 0 aromatic carbocycles. The standard InChI is InChI=1S/C29H43FN4O3/c1-3-5-6-7-8-9-10-11-12-13-14-15-25(36)33-27-26-23(32-28(30)34-27)17-16-22(20-31-26)24-18-19-29(4-2,21-35)37-24/h2,20,22,24,35H,3,5-19,21H2,1H3,(H,32,33,34,36)/t22?,24-,29+/m1/s1. The minimum absolute atomic E-state index is 0.0565. The van der Waals surface area contributed by atoms with E-state index in [0.717, 1.165) is 19.3 Å². The summed E-state index contributed by atoms with van der Waals surface area (Å²) in [5, 5.41) is 12.4. The maximum Gasteiger partial charge on any atom is 0.310 e. The number of nitrogens with zero attached hydrogens (tertiary/aromatic N) is 3. The van der Waals surface area contributed by atoms with Crippen molar-refractivity contribution in [2.24, 2.45) is 10.9 Å². The quantitative estimate of drug-likeness (QED) is 0.168. The lowest BCUT2D eigenvalue weighted by Crippen LogP contribution is -2.33. The number of carbonyl (C=O) groups is 1. The lowest BCUT2D eigenvalue weighted by Gasteiger charge is -2.24. The Morgan fingerprint density at radius 2 is 1.81 bits per heavy atom. The van der Waals surface area contributed by atoms with E-state index in [2.05, 4.69) is 33.1 Å². The molecule has 3 heterocycles. The molecular formula is C29H43FN4O3. The number of aliphatic hydroxyl groups is 1. The molecule has 1 saturated heterocycles. The number of aliphatic imine (C=N–C) groups is 1. The van der Waals surface area contributed by atoms with Crippen molar-refractivity contribution in [2.45, 2.75) is 121 Å². The van der Waals surface area contributed by atoms with E-state index in [0.29, 0.717) is 43.5 Å². The van der Waals surface area contributed by atoms with Gasteiger partial charge in [0.2, 0.25) is 5.91 Å². The van der Waals surface area contributed by atoms with Crippen LogP contribution in [-0.2, 0) is 16.0 Å². The van der Waals surface area contributed by atoms with Crippen LogP contribution in [0.1, 0.15) is 109 Å². The second kappa shape index (κ2) is 15.1. The number of amides is 1. The van der Waals surface area contributed by atoms with E-state index in [4.69, 9.17) is 11.2 Å². The van der Waals surface area contributed by atoms with Gasteiger partial charge < -0.3 is 15.2 Å². The maximum absolute atomic E-state index is 14.2. The highest BCUT2D eigenvalue weighted by atomic mass is 19.1. The smallest absolute Gasteiger partial charge is 0.310 e. The van der Waals surface area contributed by atoms with Crippen LogP contribution < -0.4 is 5.32 Å². The number of ether oxygens (including phenoxy) is 1. The van der Waals surface area contributed by atoms with E-state index in [-0.39, 0.29) is 30.4 Å². The second-order valence-electron chi connectivity index (χ2n) is 10.4. The van der Waals surface area contributed by atoms with Crippen LogP contribution in [0.4, 0.5) is 15.9 Å². The molecule has 3 atom stereocenters. The van der Waals surface area contributed by atoms with Gasteiger partial charge in [-0.1, -0.05) is 77.1 Å². The van der Waals surface area contributed by atoms with E-state index >= 15 is 0 Å². The highest BCUT2D eigenvalue weighted by molar-refractivity contribution is 5.93. The minimum Gasteiger partial charge on any atom is -0.392 e. The van der Waals surface area contributed by atoms with Crippen LogP contribution in [0, 0.1) is 24.3 Å². The molecule has 8 heteroatoms. The molecule has 0 bridgehead atoms. The Morgan fingerprint density at radius 3 is 2.43 bits per heavy atom. The third-order valence-electron chi connectivity index (χ3n) is 7.51. The van der Waals surface area contributed by atoms with E-state index in [9.17, 15) is 14.3 Å². The Bertz CT molecular complexity index is 948. The molecule has 0 saturated carbocycles. The fraction of sp³-hybridized carbons (Fsp3) is 0.724. The predicted molar refractivity (Wildman–Crippen MR) is 144 cm³/mol. The third kappa shape index (κ3) is 8.86. The summed E-state index contributed by atoms with van der Waals surface area (Å²) in [4.78, 5) is 24.9. The van der Waals surface area contributed by atoms with Crippen molar-refractivity contribution in [2.75, 3.05) is 11.9 Å². The van der Waals surface area contributed by atoms with Gasteiger partial charge in [0.25, 0.3) is 0 Å². The number of carbonyl (C=O) groups excluding carboxylic acids is 1. The summed E-state index contributed by atoms with van der Waals surface area (Å²) in [5.41, 5.74) is -0.0732. The summed E-state index contributed by atoms with van der Waals surface area (Å²) < 4.78 is 20.2. The molecule has 204 valence electrons. The minimum atomic E-state index is -0.947. The number of rotatable bonds is 15. The molecule has 1 aromatic rings. The fourth-order valence-corrected chi connectivity index (χ4v) is 5.20. The Morgan fingerprint density at radius 1 is 1.14 bits per heavy atom. The summed E-state index contributed by atoms with van der Waals surface area (Å²) in [6.07, 6.45) is 22.4. The van der Waals surface area contributed by atoms with Crippen molar-refractivity contribution in [3.63, 3.8) is 0 Å². The zero-order valence-corrected chi connectivity index (χ0v) is 22.3. The van der Waals surface area contributed by atoms with Gasteiger partial charge in [0, 0.05) is 18.6 Å². The number of hydrogen-bond donors (Lipinski definition) is 2. The van der Waals surface area contributed by atoms with E-state index in [1.54, 1.807) is 6.21 Å². The van der Waals surface area contributed by atoms with Gasteiger partial charge in [-0.3, -0.25) is 9.79 Å². The van der Waals surface area contributed by atoms with E-state index < -0.39 is 11.7 Å². The van der Waals surface area contributed by atoms with Crippen LogP contribution in [0.3, 0.4) is 0 Å². The van der Waals surface area contributed by atoms with Gasteiger partial charge in [-0.2, -0.15) is 9.37 Å². The van der Waals surface area contributed by atoms with Gasteiger partial charge in [0.05, 0.1) is 18.4 Å². The zero-order chi connectivity index (χ0) is 26.5. The summed E-state index contributed by atoms with van der Waals surface area (Å²) in [6, 6.07) is 0. The average Bonchev–Trinajstić information content (AvgIpc) is 3.22. The van der Waals surface area contributed by atoms with Gasteiger partial charge in [0.1, 0.15) is 5.69 Å². The predicted octanol–water partition coefficient (Wildman–Crippen LogP) is 6.06. The number of terminal acetylenes is 1.